The first-order valence-corrected chi connectivity index (χ1v) is 9.53. The predicted molar refractivity (Wildman–Crippen MR) is 89.9 cm³/mol. The molecule has 6 atom stereocenters. The minimum atomic E-state index is -1.22. The number of allylic oxidation sites excluding steroid dienone is 2. The SMILES string of the molecule is COC(=O)C1(C(=O)OC)CC(C2[C@H]3COC[C@@H]23)=C(C2(C)[C@@H]3COC[C@@H]32)C1. The Labute approximate surface area is 153 Å². The Balaban J connectivity index is 1.54. The summed E-state index contributed by atoms with van der Waals surface area (Å²) in [6.07, 6.45) is 0.872. The van der Waals surface area contributed by atoms with Crippen molar-refractivity contribution in [1.82, 2.24) is 0 Å². The predicted octanol–water partition coefficient (Wildman–Crippen LogP) is 1.58. The summed E-state index contributed by atoms with van der Waals surface area (Å²) in [4.78, 5) is 25.4. The standard InChI is InChI=1S/C20H26O6/c1-19(14-8-26-9-15(14)19)13-5-20(17(21)23-2,18(22)24-3)4-10(13)16-11-6-25-7-12(11)16/h11-12,14-16H,4-9H2,1-3H3/t11-,12+,14-,15+,16?,19?. The van der Waals surface area contributed by atoms with Gasteiger partial charge in [-0.1, -0.05) is 18.1 Å². The number of ether oxygens (including phenoxy) is 4. The number of rotatable bonds is 4. The first-order valence-electron chi connectivity index (χ1n) is 9.53. The summed E-state index contributed by atoms with van der Waals surface area (Å²) in [5.74, 6) is 1.62. The molecule has 2 saturated heterocycles. The molecule has 2 saturated carbocycles. The second-order valence-corrected chi connectivity index (χ2v) is 8.85. The van der Waals surface area contributed by atoms with Crippen LogP contribution in [-0.4, -0.2) is 52.6 Å². The van der Waals surface area contributed by atoms with Gasteiger partial charge in [-0.25, -0.2) is 0 Å². The van der Waals surface area contributed by atoms with Crippen LogP contribution in [0.15, 0.2) is 11.1 Å². The number of carbonyl (C=O) groups excluding carboxylic acids is 2. The van der Waals surface area contributed by atoms with Crippen molar-refractivity contribution in [2.45, 2.75) is 19.8 Å². The van der Waals surface area contributed by atoms with Crippen LogP contribution in [0.3, 0.4) is 0 Å². The number of hydrogen-bond donors (Lipinski definition) is 0. The normalized spacial score (nSPS) is 44.5. The molecule has 0 bridgehead atoms. The molecule has 142 valence electrons. The van der Waals surface area contributed by atoms with E-state index in [0.717, 1.165) is 26.4 Å². The molecule has 0 amide bonds. The first kappa shape index (κ1) is 16.8. The van der Waals surface area contributed by atoms with E-state index in [2.05, 4.69) is 6.92 Å². The largest absolute Gasteiger partial charge is 0.468 e. The fourth-order valence-electron chi connectivity index (χ4n) is 6.33. The molecule has 0 N–H and O–H groups in total. The van der Waals surface area contributed by atoms with Crippen molar-refractivity contribution in [3.05, 3.63) is 11.1 Å². The highest BCUT2D eigenvalue weighted by atomic mass is 16.5. The first-order chi connectivity index (χ1) is 12.5. The number of carbonyl (C=O) groups is 2. The Morgan fingerprint density at radius 2 is 1.46 bits per heavy atom. The summed E-state index contributed by atoms with van der Waals surface area (Å²) in [5.41, 5.74) is 1.46. The van der Waals surface area contributed by atoms with E-state index >= 15 is 0 Å². The molecule has 4 fully saturated rings. The second kappa shape index (κ2) is 5.32. The number of hydrogen-bond acceptors (Lipinski definition) is 6. The molecule has 5 rings (SSSR count). The molecule has 26 heavy (non-hydrogen) atoms. The average Bonchev–Trinajstić information content (AvgIpc) is 3.22. The number of fused-ring (bicyclic) bond motifs is 2. The molecule has 2 heterocycles. The van der Waals surface area contributed by atoms with Gasteiger partial charge in [-0.15, -0.1) is 0 Å². The van der Waals surface area contributed by atoms with E-state index in [4.69, 9.17) is 18.9 Å². The zero-order chi connectivity index (χ0) is 18.3. The van der Waals surface area contributed by atoms with Gasteiger partial charge in [0.1, 0.15) is 0 Å². The van der Waals surface area contributed by atoms with Crippen LogP contribution in [0.2, 0.25) is 0 Å². The maximum absolute atomic E-state index is 12.7. The summed E-state index contributed by atoms with van der Waals surface area (Å²) >= 11 is 0. The average molecular weight is 362 g/mol. The molecule has 3 aliphatic carbocycles. The molecule has 6 heteroatoms. The lowest BCUT2D eigenvalue weighted by atomic mass is 9.81. The van der Waals surface area contributed by atoms with Gasteiger partial charge >= 0.3 is 11.9 Å². The van der Waals surface area contributed by atoms with Crippen LogP contribution < -0.4 is 0 Å². The second-order valence-electron chi connectivity index (χ2n) is 8.85. The Hall–Kier alpha value is -1.40. The van der Waals surface area contributed by atoms with E-state index in [1.54, 1.807) is 0 Å². The van der Waals surface area contributed by atoms with Crippen molar-refractivity contribution < 1.29 is 28.5 Å². The Kier molecular flexibility index (Phi) is 3.43. The highest BCUT2D eigenvalue weighted by molar-refractivity contribution is 6.01. The Morgan fingerprint density at radius 1 is 0.923 bits per heavy atom. The number of esters is 2. The van der Waals surface area contributed by atoms with Crippen LogP contribution in [0.5, 0.6) is 0 Å². The van der Waals surface area contributed by atoms with E-state index in [1.807, 2.05) is 0 Å². The van der Waals surface area contributed by atoms with Gasteiger partial charge in [0, 0.05) is 0 Å². The van der Waals surface area contributed by atoms with Crippen LogP contribution in [0.1, 0.15) is 19.8 Å². The van der Waals surface area contributed by atoms with Crippen LogP contribution in [0.4, 0.5) is 0 Å². The maximum atomic E-state index is 12.7. The molecule has 6 nitrogen and oxygen atoms in total. The molecular weight excluding hydrogens is 336 g/mol. The van der Waals surface area contributed by atoms with Gasteiger partial charge in [0.2, 0.25) is 0 Å². The molecule has 0 spiro atoms. The quantitative estimate of drug-likeness (QED) is 0.430. The molecule has 2 unspecified atom stereocenters. The lowest BCUT2D eigenvalue weighted by molar-refractivity contribution is -0.168. The summed E-state index contributed by atoms with van der Waals surface area (Å²) < 4.78 is 21.3. The molecule has 5 aliphatic rings. The van der Waals surface area contributed by atoms with Crippen molar-refractivity contribution in [3.63, 3.8) is 0 Å². The minimum Gasteiger partial charge on any atom is -0.468 e. The third-order valence-electron chi connectivity index (χ3n) is 8.03. The summed E-state index contributed by atoms with van der Waals surface area (Å²) in [5, 5.41) is 0. The third kappa shape index (κ3) is 1.89. The van der Waals surface area contributed by atoms with E-state index < -0.39 is 17.4 Å². The Morgan fingerprint density at radius 3 is 2.00 bits per heavy atom. The van der Waals surface area contributed by atoms with Gasteiger partial charge in [-0.2, -0.15) is 0 Å². The van der Waals surface area contributed by atoms with Gasteiger partial charge in [0.15, 0.2) is 5.41 Å². The smallest absolute Gasteiger partial charge is 0.323 e. The van der Waals surface area contributed by atoms with Gasteiger partial charge < -0.3 is 18.9 Å². The highest BCUT2D eigenvalue weighted by Gasteiger charge is 2.71. The molecular formula is C20H26O6. The van der Waals surface area contributed by atoms with Crippen molar-refractivity contribution in [2.24, 2.45) is 40.4 Å². The molecule has 2 aliphatic heterocycles. The van der Waals surface area contributed by atoms with Crippen molar-refractivity contribution in [2.75, 3.05) is 40.6 Å². The summed E-state index contributed by atoms with van der Waals surface area (Å²) in [7, 11) is 2.71. The van der Waals surface area contributed by atoms with Crippen LogP contribution in [-0.2, 0) is 28.5 Å². The zero-order valence-corrected chi connectivity index (χ0v) is 15.6. The summed E-state index contributed by atoms with van der Waals surface area (Å²) in [6, 6.07) is 0. The fourth-order valence-corrected chi connectivity index (χ4v) is 6.33. The van der Waals surface area contributed by atoms with E-state index in [0.29, 0.717) is 42.4 Å². The third-order valence-corrected chi connectivity index (χ3v) is 8.03. The molecule has 0 aromatic heterocycles. The Bertz CT molecular complexity index is 673. The lowest BCUT2D eigenvalue weighted by Crippen LogP contribution is -2.40. The van der Waals surface area contributed by atoms with Gasteiger partial charge in [-0.05, 0) is 47.8 Å². The van der Waals surface area contributed by atoms with Crippen molar-refractivity contribution in [1.29, 1.82) is 0 Å². The van der Waals surface area contributed by atoms with E-state index in [-0.39, 0.29) is 5.41 Å². The van der Waals surface area contributed by atoms with E-state index in [9.17, 15) is 9.59 Å². The fraction of sp³-hybridized carbons (Fsp3) is 0.800. The van der Waals surface area contributed by atoms with Crippen molar-refractivity contribution in [3.8, 4) is 0 Å². The molecule has 0 aromatic rings. The van der Waals surface area contributed by atoms with Gasteiger partial charge in [-0.3, -0.25) is 9.59 Å². The van der Waals surface area contributed by atoms with Crippen LogP contribution >= 0.6 is 0 Å². The van der Waals surface area contributed by atoms with Gasteiger partial charge in [0.05, 0.1) is 40.6 Å². The van der Waals surface area contributed by atoms with Crippen LogP contribution in [0, 0.1) is 40.4 Å². The number of methoxy groups -OCH3 is 2. The topological polar surface area (TPSA) is 71.1 Å². The van der Waals surface area contributed by atoms with Crippen molar-refractivity contribution >= 4 is 11.9 Å². The lowest BCUT2D eigenvalue weighted by Gasteiger charge is -2.25. The monoisotopic (exact) mass is 362 g/mol. The van der Waals surface area contributed by atoms with Gasteiger partial charge in [0.25, 0.3) is 0 Å². The highest BCUT2D eigenvalue weighted by Crippen LogP contribution is 2.72. The zero-order valence-electron chi connectivity index (χ0n) is 15.6. The summed E-state index contributed by atoms with van der Waals surface area (Å²) in [6.45, 7) is 5.44. The minimum absolute atomic E-state index is 0.0507. The van der Waals surface area contributed by atoms with E-state index in [1.165, 1.54) is 25.4 Å². The maximum Gasteiger partial charge on any atom is 0.323 e. The molecule has 0 radical (unpaired) electrons. The molecule has 0 aromatic carbocycles. The van der Waals surface area contributed by atoms with Crippen LogP contribution in [0.25, 0.3) is 0 Å².